The normalized spacial score (nSPS) is 29.1. The molecular weight excluding hydrogens is 370 g/mol. The Balaban J connectivity index is 2.59. The van der Waals surface area contributed by atoms with Gasteiger partial charge >= 0.3 is 18.8 Å². The highest BCUT2D eigenvalue weighted by molar-refractivity contribution is 5.77. The highest BCUT2D eigenvalue weighted by atomic mass is 19.4. The number of carbonyl (C=O) groups is 1. The first-order valence-corrected chi connectivity index (χ1v) is 7.49. The van der Waals surface area contributed by atoms with Gasteiger partial charge in [-0.25, -0.2) is 9.18 Å². The fraction of sp³-hybridized carbons (Fsp3) is 0.562. The van der Waals surface area contributed by atoms with E-state index in [-0.39, 0.29) is 5.56 Å². The van der Waals surface area contributed by atoms with Crippen LogP contribution in [0.4, 0.5) is 26.3 Å². The average molecular weight is 386 g/mol. The Hall–Kier alpha value is -1.97. The minimum absolute atomic E-state index is 0.206. The summed E-state index contributed by atoms with van der Waals surface area (Å²) in [5, 5.41) is 0. The van der Waals surface area contributed by atoms with E-state index in [4.69, 9.17) is 4.74 Å². The zero-order valence-corrected chi connectivity index (χ0v) is 13.9. The summed E-state index contributed by atoms with van der Waals surface area (Å²) >= 11 is 0. The van der Waals surface area contributed by atoms with Crippen LogP contribution in [-0.2, 0) is 14.3 Å². The molecule has 0 amide bonds. The number of halogens is 6. The van der Waals surface area contributed by atoms with Gasteiger partial charge in [-0.05, 0) is 13.0 Å². The maximum Gasteiger partial charge on any atom is 0.417 e. The zero-order valence-electron chi connectivity index (χ0n) is 13.9. The topological polar surface area (TPSA) is 44.8 Å². The van der Waals surface area contributed by atoms with Crippen LogP contribution in [-0.4, -0.2) is 37.6 Å². The number of hydrogen-bond acceptors (Lipinski definition) is 4. The fourth-order valence-electron chi connectivity index (χ4n) is 3.10. The van der Waals surface area contributed by atoms with Crippen molar-refractivity contribution in [2.75, 3.05) is 7.11 Å². The molecular formula is C16H16F6O4. The van der Waals surface area contributed by atoms with Crippen LogP contribution in [0.2, 0.25) is 0 Å². The van der Waals surface area contributed by atoms with Gasteiger partial charge < -0.3 is 14.2 Å². The van der Waals surface area contributed by atoms with E-state index in [1.807, 2.05) is 0 Å². The maximum atomic E-state index is 13.5. The van der Waals surface area contributed by atoms with Crippen LogP contribution in [0, 0.1) is 11.7 Å². The van der Waals surface area contributed by atoms with Crippen LogP contribution in [0.1, 0.15) is 25.3 Å². The van der Waals surface area contributed by atoms with Gasteiger partial charge in [0, 0.05) is 23.5 Å². The van der Waals surface area contributed by atoms with Crippen molar-refractivity contribution in [3.63, 3.8) is 0 Å². The van der Waals surface area contributed by atoms with Crippen molar-refractivity contribution in [2.45, 2.75) is 44.3 Å². The number of benzene rings is 1. The van der Waals surface area contributed by atoms with Gasteiger partial charge in [0.05, 0.1) is 7.11 Å². The summed E-state index contributed by atoms with van der Waals surface area (Å²) in [5.74, 6) is -5.42. The lowest BCUT2D eigenvalue weighted by Gasteiger charge is -2.32. The number of carbonyl (C=O) groups excluding carboxylic acids is 1. The van der Waals surface area contributed by atoms with Crippen molar-refractivity contribution >= 4 is 5.97 Å². The van der Waals surface area contributed by atoms with Crippen molar-refractivity contribution < 1.29 is 45.3 Å². The number of rotatable bonds is 4. The van der Waals surface area contributed by atoms with Gasteiger partial charge in [0.2, 0.25) is 0 Å². The first-order chi connectivity index (χ1) is 11.9. The minimum atomic E-state index is -4.85. The Bertz CT molecular complexity index is 677. The standard InChI is InChI=1S/C16H16F6O4/c1-7-11(9-5-4-8(17)6-10(9)25-14(18)19)12(13(23)24-3)26-15(7,2)16(20,21)22/h4-7,11-12,14H,1-3H3. The molecule has 0 N–H and O–H groups in total. The van der Waals surface area contributed by atoms with Crippen molar-refractivity contribution in [3.05, 3.63) is 29.6 Å². The summed E-state index contributed by atoms with van der Waals surface area (Å²) in [5.41, 5.74) is -2.95. The van der Waals surface area contributed by atoms with Crippen molar-refractivity contribution in [1.82, 2.24) is 0 Å². The lowest BCUT2D eigenvalue weighted by atomic mass is 9.77. The summed E-state index contributed by atoms with van der Waals surface area (Å²) in [7, 11) is 0.956. The molecule has 1 saturated heterocycles. The summed E-state index contributed by atoms with van der Waals surface area (Å²) < 4.78 is 92.9. The third kappa shape index (κ3) is 3.46. The molecule has 1 fully saturated rings. The summed E-state index contributed by atoms with van der Waals surface area (Å²) in [6.07, 6.45) is -6.58. The molecule has 1 aromatic rings. The van der Waals surface area contributed by atoms with Crippen LogP contribution in [0.25, 0.3) is 0 Å². The van der Waals surface area contributed by atoms with E-state index >= 15 is 0 Å². The molecule has 26 heavy (non-hydrogen) atoms. The maximum absolute atomic E-state index is 13.5. The lowest BCUT2D eigenvalue weighted by molar-refractivity contribution is -0.274. The summed E-state index contributed by atoms with van der Waals surface area (Å²) in [4.78, 5) is 12.0. The van der Waals surface area contributed by atoms with Gasteiger partial charge in [-0.15, -0.1) is 0 Å². The molecule has 0 saturated carbocycles. The number of alkyl halides is 5. The average Bonchev–Trinajstić information content (AvgIpc) is 2.79. The molecule has 1 aromatic carbocycles. The molecule has 146 valence electrons. The molecule has 0 spiro atoms. The van der Waals surface area contributed by atoms with Crippen molar-refractivity contribution in [1.29, 1.82) is 0 Å². The Labute approximate surface area is 145 Å². The predicted octanol–water partition coefficient (Wildman–Crippen LogP) is 4.04. The van der Waals surface area contributed by atoms with Crippen LogP contribution >= 0.6 is 0 Å². The smallest absolute Gasteiger partial charge is 0.417 e. The predicted molar refractivity (Wildman–Crippen MR) is 76.3 cm³/mol. The van der Waals surface area contributed by atoms with Crippen LogP contribution in [0.15, 0.2) is 18.2 Å². The number of hydrogen-bond donors (Lipinski definition) is 0. The molecule has 0 aromatic heterocycles. The van der Waals surface area contributed by atoms with Crippen LogP contribution in [0.5, 0.6) is 5.75 Å². The molecule has 2 rings (SSSR count). The number of methoxy groups -OCH3 is 1. The monoisotopic (exact) mass is 386 g/mol. The first-order valence-electron chi connectivity index (χ1n) is 7.49. The summed E-state index contributed by atoms with van der Waals surface area (Å²) in [6, 6.07) is 2.49. The first kappa shape index (κ1) is 20.3. The minimum Gasteiger partial charge on any atom is -0.467 e. The van der Waals surface area contributed by atoms with E-state index in [1.165, 1.54) is 0 Å². The molecule has 0 radical (unpaired) electrons. The van der Waals surface area contributed by atoms with Gasteiger partial charge in [-0.1, -0.05) is 13.0 Å². The Morgan fingerprint density at radius 2 is 1.92 bits per heavy atom. The second-order valence-electron chi connectivity index (χ2n) is 6.04. The van der Waals surface area contributed by atoms with Crippen LogP contribution < -0.4 is 4.74 Å². The molecule has 4 atom stereocenters. The molecule has 1 aliphatic heterocycles. The number of ether oxygens (including phenoxy) is 3. The molecule has 0 aliphatic carbocycles. The summed E-state index contributed by atoms with van der Waals surface area (Å²) in [6.45, 7) is -1.42. The van der Waals surface area contributed by atoms with E-state index in [0.29, 0.717) is 6.07 Å². The van der Waals surface area contributed by atoms with Crippen molar-refractivity contribution in [3.8, 4) is 5.75 Å². The number of esters is 1. The SMILES string of the molecule is COC(=O)C1OC(C)(C(F)(F)F)C(C)C1c1ccc(F)cc1OC(F)F. The van der Waals surface area contributed by atoms with Gasteiger partial charge in [-0.2, -0.15) is 22.0 Å². The van der Waals surface area contributed by atoms with E-state index in [2.05, 4.69) is 9.47 Å². The van der Waals surface area contributed by atoms with E-state index in [0.717, 1.165) is 33.1 Å². The molecule has 10 heteroatoms. The fourth-order valence-corrected chi connectivity index (χ4v) is 3.10. The Kier molecular flexibility index (Phi) is 5.46. The van der Waals surface area contributed by atoms with Gasteiger partial charge in [0.25, 0.3) is 0 Å². The second kappa shape index (κ2) is 6.98. The molecule has 4 nitrogen and oxygen atoms in total. The third-order valence-electron chi connectivity index (χ3n) is 4.65. The van der Waals surface area contributed by atoms with E-state index in [1.54, 1.807) is 0 Å². The van der Waals surface area contributed by atoms with E-state index < -0.39 is 53.9 Å². The molecule has 4 unspecified atom stereocenters. The van der Waals surface area contributed by atoms with Gasteiger partial charge in [0.1, 0.15) is 11.6 Å². The van der Waals surface area contributed by atoms with Gasteiger partial charge in [-0.3, -0.25) is 0 Å². The Morgan fingerprint density at radius 1 is 1.31 bits per heavy atom. The van der Waals surface area contributed by atoms with Crippen molar-refractivity contribution in [2.24, 2.45) is 5.92 Å². The largest absolute Gasteiger partial charge is 0.467 e. The second-order valence-corrected chi connectivity index (χ2v) is 6.04. The van der Waals surface area contributed by atoms with Crippen LogP contribution in [0.3, 0.4) is 0 Å². The zero-order chi connectivity index (χ0) is 19.9. The third-order valence-corrected chi connectivity index (χ3v) is 4.65. The highest BCUT2D eigenvalue weighted by Gasteiger charge is 2.66. The molecule has 1 aliphatic rings. The molecule has 0 bridgehead atoms. The highest BCUT2D eigenvalue weighted by Crippen LogP contribution is 2.54. The molecule has 1 heterocycles. The quantitative estimate of drug-likeness (QED) is 0.579. The van der Waals surface area contributed by atoms with E-state index in [9.17, 15) is 31.1 Å². The van der Waals surface area contributed by atoms with Gasteiger partial charge in [0.15, 0.2) is 11.7 Å². The Morgan fingerprint density at radius 3 is 2.42 bits per heavy atom. The lowest BCUT2D eigenvalue weighted by Crippen LogP contribution is -2.47.